The van der Waals surface area contributed by atoms with Gasteiger partial charge in [-0.05, 0) is 18.2 Å². The van der Waals surface area contributed by atoms with E-state index in [4.69, 9.17) is 9.15 Å². The van der Waals surface area contributed by atoms with E-state index >= 15 is 0 Å². The van der Waals surface area contributed by atoms with Crippen LogP contribution in [0.3, 0.4) is 0 Å². The SMILES string of the molecule is O=C(O)c1cc(-n2cccn2)c2oc(N3CC4COCC(C3)N4)nc2c1. The third-order valence-corrected chi connectivity index (χ3v) is 4.72. The monoisotopic (exact) mass is 355 g/mol. The van der Waals surface area contributed by atoms with Crippen LogP contribution in [0, 0.1) is 0 Å². The van der Waals surface area contributed by atoms with Crippen LogP contribution in [0.2, 0.25) is 0 Å². The Kier molecular flexibility index (Phi) is 3.44. The molecule has 26 heavy (non-hydrogen) atoms. The van der Waals surface area contributed by atoms with Crippen LogP contribution in [0.1, 0.15) is 10.4 Å². The molecule has 0 amide bonds. The number of anilines is 1. The number of hydrogen-bond acceptors (Lipinski definition) is 7. The largest absolute Gasteiger partial charge is 0.478 e. The smallest absolute Gasteiger partial charge is 0.335 e. The summed E-state index contributed by atoms with van der Waals surface area (Å²) in [5, 5.41) is 17.1. The minimum atomic E-state index is -1.02. The predicted octanol–water partition coefficient (Wildman–Crippen LogP) is 0.889. The number of carbonyl (C=O) groups is 1. The Hall–Kier alpha value is -2.91. The molecule has 2 saturated heterocycles. The molecule has 5 rings (SSSR count). The van der Waals surface area contributed by atoms with E-state index in [1.165, 1.54) is 6.07 Å². The molecular formula is C17H17N5O4. The number of ether oxygens (including phenoxy) is 1. The van der Waals surface area contributed by atoms with E-state index in [0.717, 1.165) is 13.1 Å². The van der Waals surface area contributed by atoms with Crippen molar-refractivity contribution in [1.82, 2.24) is 20.1 Å². The highest BCUT2D eigenvalue weighted by Gasteiger charge is 2.32. The van der Waals surface area contributed by atoms with Gasteiger partial charge in [0.15, 0.2) is 5.58 Å². The van der Waals surface area contributed by atoms with Gasteiger partial charge in [-0.3, -0.25) is 0 Å². The molecule has 3 aromatic rings. The molecule has 2 aromatic heterocycles. The minimum Gasteiger partial charge on any atom is -0.478 e. The summed E-state index contributed by atoms with van der Waals surface area (Å²) in [5.41, 5.74) is 1.73. The molecule has 2 aliphatic heterocycles. The fourth-order valence-corrected chi connectivity index (χ4v) is 3.60. The third-order valence-electron chi connectivity index (χ3n) is 4.72. The van der Waals surface area contributed by atoms with E-state index in [-0.39, 0.29) is 17.6 Å². The fourth-order valence-electron chi connectivity index (χ4n) is 3.60. The van der Waals surface area contributed by atoms with Crippen molar-refractivity contribution in [3.8, 4) is 5.69 Å². The zero-order valence-electron chi connectivity index (χ0n) is 13.8. The lowest BCUT2D eigenvalue weighted by Crippen LogP contribution is -2.63. The molecule has 2 aliphatic rings. The zero-order chi connectivity index (χ0) is 17.7. The zero-order valence-corrected chi connectivity index (χ0v) is 13.8. The maximum Gasteiger partial charge on any atom is 0.335 e. The van der Waals surface area contributed by atoms with Gasteiger partial charge in [-0.2, -0.15) is 10.1 Å². The lowest BCUT2D eigenvalue weighted by Gasteiger charge is -2.41. The summed E-state index contributed by atoms with van der Waals surface area (Å²) in [4.78, 5) is 18.1. The quantitative estimate of drug-likeness (QED) is 0.714. The van der Waals surface area contributed by atoms with E-state index in [1.54, 1.807) is 29.2 Å². The maximum absolute atomic E-state index is 11.5. The molecule has 0 aliphatic carbocycles. The first-order valence-corrected chi connectivity index (χ1v) is 8.44. The van der Waals surface area contributed by atoms with Crippen molar-refractivity contribution in [2.75, 3.05) is 31.2 Å². The Morgan fingerprint density at radius 3 is 2.77 bits per heavy atom. The van der Waals surface area contributed by atoms with Gasteiger partial charge >= 0.3 is 5.97 Å². The van der Waals surface area contributed by atoms with Crippen LogP contribution in [0.15, 0.2) is 35.0 Å². The van der Waals surface area contributed by atoms with Crippen molar-refractivity contribution < 1.29 is 19.1 Å². The molecule has 134 valence electrons. The number of aromatic nitrogens is 3. The number of piperazine rings is 1. The van der Waals surface area contributed by atoms with Crippen LogP contribution in [0.4, 0.5) is 6.01 Å². The number of morpholine rings is 1. The highest BCUT2D eigenvalue weighted by molar-refractivity contribution is 5.95. The van der Waals surface area contributed by atoms with Crippen LogP contribution in [0.25, 0.3) is 16.8 Å². The van der Waals surface area contributed by atoms with E-state index < -0.39 is 5.97 Å². The molecule has 9 nitrogen and oxygen atoms in total. The maximum atomic E-state index is 11.5. The Morgan fingerprint density at radius 2 is 2.08 bits per heavy atom. The molecular weight excluding hydrogens is 338 g/mol. The number of hydrogen-bond donors (Lipinski definition) is 2. The molecule has 0 radical (unpaired) electrons. The van der Waals surface area contributed by atoms with E-state index in [0.29, 0.717) is 36.0 Å². The number of rotatable bonds is 3. The van der Waals surface area contributed by atoms with Gasteiger partial charge in [0.25, 0.3) is 6.01 Å². The molecule has 0 spiro atoms. The van der Waals surface area contributed by atoms with Crippen molar-refractivity contribution >= 4 is 23.1 Å². The fraction of sp³-hybridized carbons (Fsp3) is 0.353. The first-order chi connectivity index (χ1) is 12.7. The average molecular weight is 355 g/mol. The summed E-state index contributed by atoms with van der Waals surface area (Å²) in [6.45, 7) is 2.78. The Morgan fingerprint density at radius 1 is 1.27 bits per heavy atom. The second-order valence-corrected chi connectivity index (χ2v) is 6.60. The summed E-state index contributed by atoms with van der Waals surface area (Å²) in [6.07, 6.45) is 3.38. The number of nitrogens with one attached hydrogen (secondary N) is 1. The molecule has 2 N–H and O–H groups in total. The summed E-state index contributed by atoms with van der Waals surface area (Å²) >= 11 is 0. The Balaban J connectivity index is 1.60. The number of carboxylic acid groups (broad SMARTS) is 1. The van der Waals surface area contributed by atoms with Crippen molar-refractivity contribution in [3.05, 3.63) is 36.2 Å². The lowest BCUT2D eigenvalue weighted by atomic mass is 10.1. The van der Waals surface area contributed by atoms with Gasteiger partial charge in [0.05, 0.1) is 18.8 Å². The van der Waals surface area contributed by atoms with Gasteiger partial charge in [-0.15, -0.1) is 0 Å². The highest BCUT2D eigenvalue weighted by atomic mass is 16.5. The summed E-state index contributed by atoms with van der Waals surface area (Å²) in [7, 11) is 0. The second-order valence-electron chi connectivity index (χ2n) is 6.60. The first-order valence-electron chi connectivity index (χ1n) is 8.44. The van der Waals surface area contributed by atoms with E-state index in [1.807, 2.05) is 0 Å². The Labute approximate surface area is 148 Å². The number of aromatic carboxylic acids is 1. The average Bonchev–Trinajstić information content (AvgIpc) is 3.30. The van der Waals surface area contributed by atoms with Gasteiger partial charge in [0.2, 0.25) is 0 Å². The topological polar surface area (TPSA) is 106 Å². The summed E-state index contributed by atoms with van der Waals surface area (Å²) < 4.78 is 13.2. The molecule has 2 bridgehead atoms. The number of oxazole rings is 1. The molecule has 2 fully saturated rings. The third kappa shape index (κ3) is 2.52. The molecule has 1 aromatic carbocycles. The van der Waals surface area contributed by atoms with Gasteiger partial charge in [-0.1, -0.05) is 0 Å². The van der Waals surface area contributed by atoms with Gasteiger partial charge in [0.1, 0.15) is 11.2 Å². The summed E-state index contributed by atoms with van der Waals surface area (Å²) in [6, 6.07) is 5.81. The number of fused-ring (bicyclic) bond motifs is 3. The molecule has 4 heterocycles. The highest BCUT2D eigenvalue weighted by Crippen LogP contribution is 2.30. The minimum absolute atomic E-state index is 0.147. The van der Waals surface area contributed by atoms with Crippen LogP contribution in [0.5, 0.6) is 0 Å². The van der Waals surface area contributed by atoms with Crippen molar-refractivity contribution in [3.63, 3.8) is 0 Å². The van der Waals surface area contributed by atoms with E-state index in [2.05, 4.69) is 20.3 Å². The predicted molar refractivity (Wildman–Crippen MR) is 91.8 cm³/mol. The second kappa shape index (κ2) is 5.82. The number of benzene rings is 1. The lowest BCUT2D eigenvalue weighted by molar-refractivity contribution is 0.0367. The van der Waals surface area contributed by atoms with Crippen LogP contribution >= 0.6 is 0 Å². The van der Waals surface area contributed by atoms with Gasteiger partial charge in [0, 0.05) is 37.6 Å². The number of carboxylic acids is 1. The molecule has 9 heteroatoms. The van der Waals surface area contributed by atoms with Crippen molar-refractivity contribution in [2.24, 2.45) is 0 Å². The van der Waals surface area contributed by atoms with Crippen LogP contribution < -0.4 is 10.2 Å². The molecule has 2 unspecified atom stereocenters. The standard InChI is InChI=1S/C17H17N5O4/c23-16(24)10-4-13-15(14(5-10)22-3-1-2-18-22)26-17(20-13)21-6-11-8-25-9-12(7-21)19-11/h1-5,11-12,19H,6-9H2,(H,23,24). The van der Waals surface area contributed by atoms with E-state index in [9.17, 15) is 9.90 Å². The van der Waals surface area contributed by atoms with Crippen molar-refractivity contribution in [2.45, 2.75) is 12.1 Å². The molecule has 0 saturated carbocycles. The van der Waals surface area contributed by atoms with Crippen LogP contribution in [-0.2, 0) is 4.74 Å². The summed E-state index contributed by atoms with van der Waals surface area (Å²) in [5.74, 6) is -1.02. The van der Waals surface area contributed by atoms with Crippen LogP contribution in [-0.4, -0.2) is 64.2 Å². The molecule has 2 atom stereocenters. The first kappa shape index (κ1) is 15.4. The normalized spacial score (nSPS) is 22.7. The van der Waals surface area contributed by atoms with Gasteiger partial charge < -0.3 is 24.5 Å². The van der Waals surface area contributed by atoms with Gasteiger partial charge in [-0.25, -0.2) is 9.48 Å². The van der Waals surface area contributed by atoms with Crippen molar-refractivity contribution in [1.29, 1.82) is 0 Å². The number of nitrogens with zero attached hydrogens (tertiary/aromatic N) is 4. The Bertz CT molecular complexity index is 955.